The fourth-order valence-corrected chi connectivity index (χ4v) is 3.84. The van der Waals surface area contributed by atoms with Crippen molar-refractivity contribution in [3.8, 4) is 0 Å². The zero-order valence-electron chi connectivity index (χ0n) is 12.5. The Morgan fingerprint density at radius 1 is 1.53 bits per heavy atom. The molecule has 106 valence electrons. The molecule has 0 unspecified atom stereocenters. The predicted molar refractivity (Wildman–Crippen MR) is 77.7 cm³/mol. The van der Waals surface area contributed by atoms with Crippen molar-refractivity contribution in [2.45, 2.75) is 52.9 Å². The molecule has 0 saturated heterocycles. The Balaban J connectivity index is 1.81. The number of fused-ring (bicyclic) bond motifs is 2. The molecule has 3 fully saturated rings. The minimum absolute atomic E-state index is 0.204. The molecule has 3 aliphatic rings. The summed E-state index contributed by atoms with van der Waals surface area (Å²) in [6.07, 6.45) is 8.49. The normalized spacial score (nSPS) is 33.8. The summed E-state index contributed by atoms with van der Waals surface area (Å²) in [4.78, 5) is 10.7. The second-order valence-electron chi connectivity index (χ2n) is 6.56. The Kier molecular flexibility index (Phi) is 4.17. The Morgan fingerprint density at radius 2 is 2.26 bits per heavy atom. The number of allylic oxidation sites excluding steroid dienone is 2. The zero-order chi connectivity index (χ0) is 14.0. The number of hydrogen-bond donors (Lipinski definition) is 0. The lowest BCUT2D eigenvalue weighted by molar-refractivity contribution is -0.139. The van der Waals surface area contributed by atoms with Crippen LogP contribution in [0.15, 0.2) is 23.8 Å². The summed E-state index contributed by atoms with van der Waals surface area (Å²) in [5, 5.41) is 0. The molecule has 0 heterocycles. The van der Waals surface area contributed by atoms with Crippen LogP contribution in [0.2, 0.25) is 0 Å². The Labute approximate surface area is 116 Å². The Morgan fingerprint density at radius 3 is 2.84 bits per heavy atom. The minimum Gasteiger partial charge on any atom is -0.461 e. The van der Waals surface area contributed by atoms with E-state index in [1.807, 2.05) is 6.92 Å². The van der Waals surface area contributed by atoms with E-state index in [0.29, 0.717) is 12.0 Å². The Bertz CT molecular complexity index is 405. The topological polar surface area (TPSA) is 26.3 Å². The van der Waals surface area contributed by atoms with Gasteiger partial charge in [0, 0.05) is 6.92 Å². The highest BCUT2D eigenvalue weighted by Crippen LogP contribution is 2.63. The van der Waals surface area contributed by atoms with Crippen LogP contribution in [0, 0.1) is 17.3 Å². The van der Waals surface area contributed by atoms with Crippen molar-refractivity contribution in [3.05, 3.63) is 23.8 Å². The van der Waals surface area contributed by atoms with Gasteiger partial charge in [0.2, 0.25) is 0 Å². The minimum atomic E-state index is -0.204. The summed E-state index contributed by atoms with van der Waals surface area (Å²) in [5.74, 6) is 1.46. The van der Waals surface area contributed by atoms with E-state index in [9.17, 15) is 4.79 Å². The third-order valence-corrected chi connectivity index (χ3v) is 5.23. The molecule has 3 saturated carbocycles. The average Bonchev–Trinajstić information content (AvgIpc) is 2.35. The molecule has 3 aliphatic carbocycles. The lowest BCUT2D eigenvalue weighted by atomic mass is 9.45. The first-order valence-electron chi connectivity index (χ1n) is 7.40. The van der Waals surface area contributed by atoms with Gasteiger partial charge in [0.25, 0.3) is 0 Å². The summed E-state index contributed by atoms with van der Waals surface area (Å²) in [7, 11) is 0. The van der Waals surface area contributed by atoms with Crippen molar-refractivity contribution in [1.82, 2.24) is 0 Å². The highest BCUT2D eigenvalue weighted by atomic mass is 16.5. The van der Waals surface area contributed by atoms with Crippen molar-refractivity contribution in [2.24, 2.45) is 17.3 Å². The van der Waals surface area contributed by atoms with Crippen molar-refractivity contribution >= 4 is 5.97 Å². The fourth-order valence-electron chi connectivity index (χ4n) is 3.84. The molecule has 0 aromatic rings. The van der Waals surface area contributed by atoms with Crippen LogP contribution in [0.4, 0.5) is 0 Å². The van der Waals surface area contributed by atoms with Crippen LogP contribution in [-0.4, -0.2) is 12.6 Å². The SMILES string of the molecule is C=C1CC[C@H]2C[C@@H]1[C@@]2(C)CC/C=C(\C)COC(C)=O. The van der Waals surface area contributed by atoms with Gasteiger partial charge in [0.15, 0.2) is 0 Å². The van der Waals surface area contributed by atoms with Crippen LogP contribution in [0.25, 0.3) is 0 Å². The number of carbonyl (C=O) groups excluding carboxylic acids is 1. The smallest absolute Gasteiger partial charge is 0.302 e. The van der Waals surface area contributed by atoms with Gasteiger partial charge in [-0.2, -0.15) is 0 Å². The molecule has 0 N–H and O–H groups in total. The Hall–Kier alpha value is -1.05. The van der Waals surface area contributed by atoms with E-state index in [1.165, 1.54) is 38.2 Å². The molecular weight excluding hydrogens is 236 g/mol. The van der Waals surface area contributed by atoms with E-state index in [1.54, 1.807) is 0 Å². The molecule has 3 rings (SSSR count). The molecule has 0 amide bonds. The molecule has 0 aliphatic heterocycles. The summed E-state index contributed by atoms with van der Waals surface area (Å²) >= 11 is 0. The molecule has 2 heteroatoms. The van der Waals surface area contributed by atoms with E-state index < -0.39 is 0 Å². The first-order valence-corrected chi connectivity index (χ1v) is 7.40. The number of carbonyl (C=O) groups is 1. The van der Waals surface area contributed by atoms with E-state index in [-0.39, 0.29) is 5.97 Å². The first-order chi connectivity index (χ1) is 8.93. The fraction of sp³-hybridized carbons (Fsp3) is 0.706. The maximum absolute atomic E-state index is 10.7. The average molecular weight is 262 g/mol. The van der Waals surface area contributed by atoms with Gasteiger partial charge in [-0.15, -0.1) is 0 Å². The third-order valence-electron chi connectivity index (χ3n) is 5.23. The standard InChI is InChI=1S/C17H26O2/c1-12(11-19-14(3)18)6-5-9-17(4)15-8-7-13(2)16(17)10-15/h6,15-16H,2,5,7-11H2,1,3-4H3/b12-6+/t15-,16-,17-/m0/s1. The second kappa shape index (κ2) is 5.52. The van der Waals surface area contributed by atoms with Crippen LogP contribution in [-0.2, 0) is 9.53 Å². The quantitative estimate of drug-likeness (QED) is 0.546. The molecule has 19 heavy (non-hydrogen) atoms. The maximum atomic E-state index is 10.7. The predicted octanol–water partition coefficient (Wildman–Crippen LogP) is 4.27. The summed E-state index contributed by atoms with van der Waals surface area (Å²) in [5.41, 5.74) is 3.11. The third kappa shape index (κ3) is 2.93. The number of hydrogen-bond acceptors (Lipinski definition) is 2. The van der Waals surface area contributed by atoms with Gasteiger partial charge in [0.1, 0.15) is 6.61 Å². The van der Waals surface area contributed by atoms with E-state index in [0.717, 1.165) is 23.8 Å². The van der Waals surface area contributed by atoms with Gasteiger partial charge in [-0.05, 0) is 61.9 Å². The van der Waals surface area contributed by atoms with Crippen LogP contribution < -0.4 is 0 Å². The van der Waals surface area contributed by atoms with Gasteiger partial charge in [-0.3, -0.25) is 4.79 Å². The second-order valence-corrected chi connectivity index (χ2v) is 6.56. The highest BCUT2D eigenvalue weighted by Gasteiger charge is 2.53. The van der Waals surface area contributed by atoms with Crippen LogP contribution in [0.5, 0.6) is 0 Å². The lowest BCUT2D eigenvalue weighted by Crippen LogP contribution is -2.50. The summed E-state index contributed by atoms with van der Waals surface area (Å²) < 4.78 is 5.00. The zero-order valence-corrected chi connectivity index (χ0v) is 12.5. The molecule has 0 spiro atoms. The van der Waals surface area contributed by atoms with Crippen LogP contribution in [0.3, 0.4) is 0 Å². The number of esters is 1. The lowest BCUT2D eigenvalue weighted by Gasteiger charge is -2.59. The van der Waals surface area contributed by atoms with Gasteiger partial charge in [0.05, 0.1) is 0 Å². The van der Waals surface area contributed by atoms with E-state index >= 15 is 0 Å². The van der Waals surface area contributed by atoms with Gasteiger partial charge in [-0.1, -0.05) is 25.2 Å². The molecule has 2 nitrogen and oxygen atoms in total. The monoisotopic (exact) mass is 262 g/mol. The molecule has 3 atom stereocenters. The van der Waals surface area contributed by atoms with Gasteiger partial charge >= 0.3 is 5.97 Å². The first kappa shape index (κ1) is 14.4. The molecule has 2 bridgehead atoms. The van der Waals surface area contributed by atoms with Crippen molar-refractivity contribution in [2.75, 3.05) is 6.61 Å². The van der Waals surface area contributed by atoms with Crippen LogP contribution >= 0.6 is 0 Å². The van der Waals surface area contributed by atoms with Crippen molar-refractivity contribution in [1.29, 1.82) is 0 Å². The van der Waals surface area contributed by atoms with Gasteiger partial charge < -0.3 is 4.74 Å². The molecule has 0 aromatic heterocycles. The number of rotatable bonds is 5. The summed E-state index contributed by atoms with van der Waals surface area (Å²) in [6.45, 7) is 10.6. The highest BCUT2D eigenvalue weighted by molar-refractivity contribution is 5.66. The molecule has 0 aromatic carbocycles. The molecule has 0 radical (unpaired) electrons. The molecular formula is C17H26O2. The maximum Gasteiger partial charge on any atom is 0.302 e. The van der Waals surface area contributed by atoms with Gasteiger partial charge in [-0.25, -0.2) is 0 Å². The van der Waals surface area contributed by atoms with Crippen LogP contribution in [0.1, 0.15) is 52.9 Å². The van der Waals surface area contributed by atoms with Crippen molar-refractivity contribution < 1.29 is 9.53 Å². The van der Waals surface area contributed by atoms with Crippen molar-refractivity contribution in [3.63, 3.8) is 0 Å². The summed E-state index contributed by atoms with van der Waals surface area (Å²) in [6, 6.07) is 0. The number of ether oxygens (including phenoxy) is 1. The van der Waals surface area contributed by atoms with E-state index in [4.69, 9.17) is 4.74 Å². The van der Waals surface area contributed by atoms with E-state index in [2.05, 4.69) is 19.6 Å². The largest absolute Gasteiger partial charge is 0.461 e.